The summed E-state index contributed by atoms with van der Waals surface area (Å²) >= 11 is 4.33. The highest BCUT2D eigenvalue weighted by atomic mass is 32.1. The van der Waals surface area contributed by atoms with E-state index in [0.29, 0.717) is 12.0 Å². The van der Waals surface area contributed by atoms with Gasteiger partial charge in [-0.05, 0) is 59.1 Å². The lowest BCUT2D eigenvalue weighted by Crippen LogP contribution is -2.55. The van der Waals surface area contributed by atoms with E-state index in [0.717, 1.165) is 12.0 Å². The minimum absolute atomic E-state index is 0.0155. The van der Waals surface area contributed by atoms with E-state index < -0.39 is 53.2 Å². The third-order valence-corrected chi connectivity index (χ3v) is 6.54. The van der Waals surface area contributed by atoms with Crippen LogP contribution in [0.15, 0.2) is 60.7 Å². The molecule has 2 rings (SSSR count). The van der Waals surface area contributed by atoms with E-state index in [1.807, 2.05) is 43.3 Å². The fourth-order valence-corrected chi connectivity index (χ4v) is 4.55. The Morgan fingerprint density at radius 1 is 0.814 bits per heavy atom. The second-order valence-corrected chi connectivity index (χ2v) is 12.7. The minimum Gasteiger partial charge on any atom is -0.458 e. The molecule has 0 bridgehead atoms. The van der Waals surface area contributed by atoms with E-state index in [1.54, 1.807) is 65.8 Å². The maximum atomic E-state index is 14.2. The number of carbonyl (C=O) groups excluding carboxylic acids is 4. The number of benzene rings is 2. The third kappa shape index (κ3) is 12.3. The highest BCUT2D eigenvalue weighted by Crippen LogP contribution is 2.24. The molecule has 0 aliphatic rings. The SMILES string of the molecule is CCCCN(C(=O)C(CS)NC(=O)OC(C)(C)C)C(C(=O)NC(Cc1ccccc1)C(=O)OC(C)(C)C)c1ccccc1. The Labute approximate surface area is 261 Å². The molecular weight excluding hydrogens is 566 g/mol. The van der Waals surface area contributed by atoms with E-state index in [-0.39, 0.29) is 18.7 Å². The number of rotatable bonds is 13. The summed E-state index contributed by atoms with van der Waals surface area (Å²) in [5, 5.41) is 5.50. The van der Waals surface area contributed by atoms with Crippen LogP contribution in [0.5, 0.6) is 0 Å². The summed E-state index contributed by atoms with van der Waals surface area (Å²) in [5.41, 5.74) is -0.142. The Kier molecular flexibility index (Phi) is 13.6. The van der Waals surface area contributed by atoms with Crippen molar-refractivity contribution in [3.8, 4) is 0 Å². The van der Waals surface area contributed by atoms with Crippen molar-refractivity contribution in [3.05, 3.63) is 71.8 Å². The van der Waals surface area contributed by atoms with Gasteiger partial charge >= 0.3 is 12.1 Å². The van der Waals surface area contributed by atoms with Crippen molar-refractivity contribution < 1.29 is 28.7 Å². The molecule has 2 N–H and O–H groups in total. The second-order valence-electron chi connectivity index (χ2n) is 12.4. The number of alkyl carbamates (subject to hydrolysis) is 1. The van der Waals surface area contributed by atoms with Gasteiger partial charge in [0.2, 0.25) is 11.8 Å². The largest absolute Gasteiger partial charge is 0.458 e. The van der Waals surface area contributed by atoms with Gasteiger partial charge in [0.1, 0.15) is 29.3 Å². The quantitative estimate of drug-likeness (QED) is 0.210. The van der Waals surface area contributed by atoms with Gasteiger partial charge in [0.25, 0.3) is 0 Å². The minimum atomic E-state index is -1.09. The standard InChI is InChI=1S/C33H47N3O6S/c1-8-9-20-36(29(38)26(22-43)35-31(40)42-33(5,6)7)27(24-18-14-11-15-19-24)28(37)34-25(30(39)41-32(2,3)4)21-23-16-12-10-13-17-23/h10-19,25-27,43H,8-9,20-22H2,1-7H3,(H,34,37)(H,35,40). The van der Waals surface area contributed by atoms with Crippen LogP contribution in [0, 0.1) is 0 Å². The second kappa shape index (κ2) is 16.4. The van der Waals surface area contributed by atoms with Crippen LogP contribution in [0.3, 0.4) is 0 Å². The van der Waals surface area contributed by atoms with Crippen LogP contribution in [0.25, 0.3) is 0 Å². The molecule has 3 atom stereocenters. The van der Waals surface area contributed by atoms with Crippen LogP contribution < -0.4 is 10.6 Å². The number of thiol groups is 1. The number of unbranched alkanes of at least 4 members (excludes halogenated alkanes) is 1. The Balaban J connectivity index is 2.50. The highest BCUT2D eigenvalue weighted by Gasteiger charge is 2.37. The molecule has 236 valence electrons. The lowest BCUT2D eigenvalue weighted by molar-refractivity contribution is -0.159. The third-order valence-electron chi connectivity index (χ3n) is 6.17. The topological polar surface area (TPSA) is 114 Å². The monoisotopic (exact) mass is 613 g/mol. The van der Waals surface area contributed by atoms with Gasteiger partial charge in [-0.1, -0.05) is 74.0 Å². The van der Waals surface area contributed by atoms with Crippen molar-refractivity contribution in [2.75, 3.05) is 12.3 Å². The number of carbonyl (C=O) groups is 4. The Bertz CT molecular complexity index is 1190. The zero-order valence-corrected chi connectivity index (χ0v) is 27.3. The number of amides is 3. The first kappa shape index (κ1) is 35.7. The highest BCUT2D eigenvalue weighted by molar-refractivity contribution is 7.80. The summed E-state index contributed by atoms with van der Waals surface area (Å²) in [5.74, 6) is -1.63. The number of esters is 1. The lowest BCUT2D eigenvalue weighted by atomic mass is 10.0. The fraction of sp³-hybridized carbons (Fsp3) is 0.515. The zero-order valence-electron chi connectivity index (χ0n) is 26.4. The van der Waals surface area contributed by atoms with Gasteiger partial charge < -0.3 is 25.0 Å². The molecule has 2 aromatic carbocycles. The molecule has 43 heavy (non-hydrogen) atoms. The van der Waals surface area contributed by atoms with Gasteiger partial charge in [-0.3, -0.25) is 9.59 Å². The predicted molar refractivity (Wildman–Crippen MR) is 171 cm³/mol. The first-order chi connectivity index (χ1) is 20.1. The molecule has 0 aliphatic heterocycles. The van der Waals surface area contributed by atoms with E-state index in [9.17, 15) is 19.2 Å². The number of hydrogen-bond acceptors (Lipinski definition) is 7. The summed E-state index contributed by atoms with van der Waals surface area (Å²) in [7, 11) is 0. The molecule has 0 aliphatic carbocycles. The van der Waals surface area contributed by atoms with Crippen LogP contribution >= 0.6 is 12.6 Å². The molecular formula is C33H47N3O6S. The van der Waals surface area contributed by atoms with Crippen molar-refractivity contribution >= 4 is 36.5 Å². The van der Waals surface area contributed by atoms with Gasteiger partial charge in [-0.25, -0.2) is 9.59 Å². The molecule has 0 spiro atoms. The molecule has 0 heterocycles. The maximum Gasteiger partial charge on any atom is 0.408 e. The Hall–Kier alpha value is -3.53. The summed E-state index contributed by atoms with van der Waals surface area (Å²) in [6.45, 7) is 12.7. The molecule has 3 unspecified atom stereocenters. The van der Waals surface area contributed by atoms with Gasteiger partial charge in [-0.2, -0.15) is 12.6 Å². The van der Waals surface area contributed by atoms with Crippen molar-refractivity contribution in [2.45, 2.75) is 97.1 Å². The van der Waals surface area contributed by atoms with Crippen molar-refractivity contribution in [3.63, 3.8) is 0 Å². The first-order valence-corrected chi connectivity index (χ1v) is 15.3. The number of nitrogens with one attached hydrogen (secondary N) is 2. The molecule has 0 fully saturated rings. The summed E-state index contributed by atoms with van der Waals surface area (Å²) < 4.78 is 11.0. The van der Waals surface area contributed by atoms with Crippen LogP contribution in [-0.4, -0.2) is 64.4 Å². The normalized spacial score (nSPS) is 13.7. The zero-order chi connectivity index (χ0) is 32.2. The lowest BCUT2D eigenvalue weighted by Gasteiger charge is -2.35. The van der Waals surface area contributed by atoms with E-state index >= 15 is 0 Å². The van der Waals surface area contributed by atoms with Crippen molar-refractivity contribution in [1.82, 2.24) is 15.5 Å². The maximum absolute atomic E-state index is 14.2. The summed E-state index contributed by atoms with van der Waals surface area (Å²) in [6.07, 6.45) is 0.801. The average molecular weight is 614 g/mol. The van der Waals surface area contributed by atoms with Crippen LogP contribution in [0.1, 0.15) is 78.5 Å². The molecule has 0 saturated heterocycles. The smallest absolute Gasteiger partial charge is 0.408 e. The van der Waals surface area contributed by atoms with E-state index in [1.165, 1.54) is 4.90 Å². The molecule has 0 radical (unpaired) electrons. The van der Waals surface area contributed by atoms with Gasteiger partial charge in [0.05, 0.1) is 0 Å². The van der Waals surface area contributed by atoms with Crippen molar-refractivity contribution in [2.24, 2.45) is 0 Å². The fourth-order valence-electron chi connectivity index (χ4n) is 4.31. The first-order valence-electron chi connectivity index (χ1n) is 14.7. The summed E-state index contributed by atoms with van der Waals surface area (Å²) in [6, 6.07) is 15.1. The van der Waals surface area contributed by atoms with E-state index in [4.69, 9.17) is 9.47 Å². The van der Waals surface area contributed by atoms with Crippen LogP contribution in [-0.2, 0) is 30.3 Å². The predicted octanol–water partition coefficient (Wildman–Crippen LogP) is 5.25. The molecule has 0 aromatic heterocycles. The number of ether oxygens (including phenoxy) is 2. The van der Waals surface area contributed by atoms with Crippen molar-refractivity contribution in [1.29, 1.82) is 0 Å². The van der Waals surface area contributed by atoms with E-state index in [2.05, 4.69) is 23.3 Å². The Morgan fingerprint density at radius 2 is 1.37 bits per heavy atom. The average Bonchev–Trinajstić information content (AvgIpc) is 2.92. The van der Waals surface area contributed by atoms with Gasteiger partial charge in [0.15, 0.2) is 0 Å². The van der Waals surface area contributed by atoms with Crippen LogP contribution in [0.2, 0.25) is 0 Å². The van der Waals surface area contributed by atoms with Crippen LogP contribution in [0.4, 0.5) is 4.79 Å². The van der Waals surface area contributed by atoms with Gasteiger partial charge in [0, 0.05) is 18.7 Å². The number of nitrogens with zero attached hydrogens (tertiary/aromatic N) is 1. The molecule has 2 aromatic rings. The number of hydrogen-bond donors (Lipinski definition) is 3. The molecule has 0 saturated carbocycles. The molecule has 9 nitrogen and oxygen atoms in total. The summed E-state index contributed by atoms with van der Waals surface area (Å²) in [4.78, 5) is 55.6. The molecule has 10 heteroatoms. The van der Waals surface area contributed by atoms with Gasteiger partial charge in [-0.15, -0.1) is 0 Å². The Morgan fingerprint density at radius 3 is 1.88 bits per heavy atom. The molecule has 3 amide bonds.